The molecule has 0 spiro atoms. The molecule has 2 aromatic carbocycles. The zero-order valence-electron chi connectivity index (χ0n) is 19.7. The van der Waals surface area contributed by atoms with Crippen LogP contribution in [0.2, 0.25) is 0 Å². The van der Waals surface area contributed by atoms with Gasteiger partial charge in [-0.15, -0.1) is 0 Å². The predicted molar refractivity (Wildman–Crippen MR) is 138 cm³/mol. The molecule has 0 saturated heterocycles. The molecule has 0 bridgehead atoms. The van der Waals surface area contributed by atoms with E-state index in [9.17, 15) is 18.0 Å². The lowest BCUT2D eigenvalue weighted by molar-refractivity contribution is -0.120. The zero-order valence-corrected chi connectivity index (χ0v) is 22.1. The molecule has 0 aliphatic carbocycles. The Bertz CT molecular complexity index is 1120. The summed E-state index contributed by atoms with van der Waals surface area (Å²) in [5.41, 5.74) is 2.53. The number of carbonyl (C=O) groups is 2. The normalized spacial score (nSPS) is 13.2. The number of hydrogen-bond acceptors (Lipinski definition) is 5. The van der Waals surface area contributed by atoms with Crippen molar-refractivity contribution in [3.8, 4) is 0 Å². The van der Waals surface area contributed by atoms with Crippen LogP contribution in [0.3, 0.4) is 0 Å². The third kappa shape index (κ3) is 6.90. The lowest BCUT2D eigenvalue weighted by Gasteiger charge is -2.20. The average Bonchev–Trinajstić information content (AvgIpc) is 3.23. The van der Waals surface area contributed by atoms with Crippen LogP contribution in [0.5, 0.6) is 0 Å². The van der Waals surface area contributed by atoms with Crippen LogP contribution in [-0.4, -0.2) is 57.1 Å². The molecule has 2 aromatic rings. The lowest BCUT2D eigenvalue weighted by Crippen LogP contribution is -2.31. The fourth-order valence-corrected chi connectivity index (χ4v) is 6.34. The molecule has 0 unspecified atom stereocenters. The molecule has 0 fully saturated rings. The number of nitrogens with one attached hydrogen (secondary N) is 1. The van der Waals surface area contributed by atoms with E-state index in [2.05, 4.69) is 45.2 Å². The molecule has 7 nitrogen and oxygen atoms in total. The molecule has 2 amide bonds. The summed E-state index contributed by atoms with van der Waals surface area (Å²) in [5.74, 6) is -0.781. The van der Waals surface area contributed by atoms with Crippen molar-refractivity contribution in [2.75, 3.05) is 36.8 Å². The molecule has 9 heteroatoms. The summed E-state index contributed by atoms with van der Waals surface area (Å²) in [7, 11) is -3.75. The lowest BCUT2D eigenvalue weighted by atomic mass is 10.2. The summed E-state index contributed by atoms with van der Waals surface area (Å²) in [4.78, 5) is 28.3. The maximum Gasteiger partial charge on any atom is 0.223 e. The summed E-state index contributed by atoms with van der Waals surface area (Å²) < 4.78 is 26.9. The van der Waals surface area contributed by atoms with Crippen molar-refractivity contribution in [1.29, 1.82) is 0 Å². The fraction of sp³-hybridized carbons (Fsp3) is 0.440. The van der Waals surface area contributed by atoms with Gasteiger partial charge in [-0.25, -0.2) is 8.42 Å². The van der Waals surface area contributed by atoms with E-state index in [-0.39, 0.29) is 28.9 Å². The average molecular weight is 551 g/mol. The molecule has 34 heavy (non-hydrogen) atoms. The zero-order chi connectivity index (χ0) is 24.7. The topological polar surface area (TPSA) is 86.8 Å². The number of hydrogen-bond donors (Lipinski definition) is 1. The molecular weight excluding hydrogens is 518 g/mol. The largest absolute Gasteiger partial charge is 0.356 e. The van der Waals surface area contributed by atoms with Crippen molar-refractivity contribution in [2.45, 2.75) is 44.6 Å². The molecular formula is C25H32BrN3O4S. The standard InChI is InChI=1S/C25H32BrN3O4S/c1-3-28(18-20-8-5-4-6-9-20)13-7-12-27-24(31)11-15-34(32,33)23-17-22(26)16-21-10-14-29(19(2)30)25(21)23/h4-6,8-9,16-17H,3,7,10-15,18H2,1-2H3,(H,27,31). The first kappa shape index (κ1) is 26.4. The SMILES string of the molecule is CCN(CCCNC(=O)CCS(=O)(=O)c1cc(Br)cc2c1N(C(C)=O)CC2)Cc1ccccc1. The molecule has 0 saturated carbocycles. The predicted octanol–water partition coefficient (Wildman–Crippen LogP) is 3.55. The Morgan fingerprint density at radius 3 is 2.59 bits per heavy atom. The number of nitrogens with zero attached hydrogens (tertiary/aromatic N) is 2. The molecule has 184 valence electrons. The van der Waals surface area contributed by atoms with Crippen LogP contribution in [0, 0.1) is 0 Å². The van der Waals surface area contributed by atoms with Gasteiger partial charge in [-0.3, -0.25) is 14.5 Å². The van der Waals surface area contributed by atoms with Crippen molar-refractivity contribution in [2.24, 2.45) is 0 Å². The quantitative estimate of drug-likeness (QED) is 0.433. The van der Waals surface area contributed by atoms with E-state index in [1.165, 1.54) is 23.5 Å². The van der Waals surface area contributed by atoms with E-state index in [1.54, 1.807) is 0 Å². The van der Waals surface area contributed by atoms with Crippen molar-refractivity contribution in [3.63, 3.8) is 0 Å². The van der Waals surface area contributed by atoms with Gasteiger partial charge < -0.3 is 10.2 Å². The monoisotopic (exact) mass is 549 g/mol. The van der Waals surface area contributed by atoms with Crippen LogP contribution >= 0.6 is 15.9 Å². The van der Waals surface area contributed by atoms with Crippen LogP contribution in [0.15, 0.2) is 51.8 Å². The Labute approximate surface area is 210 Å². The van der Waals surface area contributed by atoms with Crippen molar-refractivity contribution >= 4 is 43.3 Å². The van der Waals surface area contributed by atoms with Crippen molar-refractivity contribution in [1.82, 2.24) is 10.2 Å². The Morgan fingerprint density at radius 1 is 1.18 bits per heavy atom. The molecule has 1 aliphatic heterocycles. The van der Waals surface area contributed by atoms with Crippen molar-refractivity contribution in [3.05, 3.63) is 58.1 Å². The molecule has 0 aromatic heterocycles. The second kappa shape index (κ2) is 12.0. The number of sulfone groups is 1. The number of carbonyl (C=O) groups excluding carboxylic acids is 2. The highest BCUT2D eigenvalue weighted by molar-refractivity contribution is 9.10. The van der Waals surface area contributed by atoms with Gasteiger partial charge in [-0.2, -0.15) is 0 Å². The Morgan fingerprint density at radius 2 is 1.91 bits per heavy atom. The third-order valence-electron chi connectivity index (χ3n) is 5.98. The van der Waals surface area contributed by atoms with Gasteiger partial charge in [-0.05, 0) is 42.6 Å². The van der Waals surface area contributed by atoms with Crippen LogP contribution in [0.25, 0.3) is 0 Å². The highest BCUT2D eigenvalue weighted by atomic mass is 79.9. The van der Waals surface area contributed by atoms with E-state index in [0.29, 0.717) is 29.7 Å². The van der Waals surface area contributed by atoms with Gasteiger partial charge in [0.05, 0.1) is 16.3 Å². The molecule has 0 atom stereocenters. The first-order valence-electron chi connectivity index (χ1n) is 11.6. The number of fused-ring (bicyclic) bond motifs is 1. The summed E-state index contributed by atoms with van der Waals surface area (Å²) >= 11 is 3.37. The van der Waals surface area contributed by atoms with E-state index < -0.39 is 9.84 Å². The minimum Gasteiger partial charge on any atom is -0.356 e. The minimum absolute atomic E-state index is 0.108. The minimum atomic E-state index is -3.75. The summed E-state index contributed by atoms with van der Waals surface area (Å²) in [6.45, 7) is 7.11. The highest BCUT2D eigenvalue weighted by Crippen LogP contribution is 2.38. The van der Waals surface area contributed by atoms with Crippen molar-refractivity contribution < 1.29 is 18.0 Å². The van der Waals surface area contributed by atoms with Crippen LogP contribution in [0.4, 0.5) is 5.69 Å². The van der Waals surface area contributed by atoms with Gasteiger partial charge in [0.15, 0.2) is 9.84 Å². The molecule has 1 heterocycles. The van der Waals surface area contributed by atoms with Crippen LogP contribution in [0.1, 0.15) is 37.8 Å². The summed E-state index contributed by atoms with van der Waals surface area (Å²) in [6, 6.07) is 13.6. The highest BCUT2D eigenvalue weighted by Gasteiger charge is 2.31. The van der Waals surface area contributed by atoms with Crippen LogP contribution < -0.4 is 10.2 Å². The number of rotatable bonds is 11. The number of benzene rings is 2. The summed E-state index contributed by atoms with van der Waals surface area (Å²) in [5, 5.41) is 2.84. The van der Waals surface area contributed by atoms with Crippen LogP contribution in [-0.2, 0) is 32.4 Å². The van der Waals surface area contributed by atoms with E-state index in [0.717, 1.165) is 31.6 Å². The Balaban J connectivity index is 1.51. The number of halogens is 1. The van der Waals surface area contributed by atoms with Gasteiger partial charge in [0, 0.05) is 44.0 Å². The Hall–Kier alpha value is -2.23. The van der Waals surface area contributed by atoms with Gasteiger partial charge in [-0.1, -0.05) is 53.2 Å². The first-order chi connectivity index (χ1) is 16.2. The second-order valence-corrected chi connectivity index (χ2v) is 11.5. The fourth-order valence-electron chi connectivity index (χ4n) is 4.17. The van der Waals surface area contributed by atoms with Gasteiger partial charge in [0.25, 0.3) is 0 Å². The molecule has 1 N–H and O–H groups in total. The smallest absolute Gasteiger partial charge is 0.223 e. The third-order valence-corrected chi connectivity index (χ3v) is 8.16. The van der Waals surface area contributed by atoms with E-state index in [4.69, 9.17) is 0 Å². The van der Waals surface area contributed by atoms with Gasteiger partial charge in [0.2, 0.25) is 11.8 Å². The second-order valence-electron chi connectivity index (χ2n) is 8.46. The first-order valence-corrected chi connectivity index (χ1v) is 14.0. The summed E-state index contributed by atoms with van der Waals surface area (Å²) in [6.07, 6.45) is 1.27. The van der Waals surface area contributed by atoms with E-state index in [1.807, 2.05) is 24.3 Å². The molecule has 3 rings (SSSR count). The number of amides is 2. The van der Waals surface area contributed by atoms with E-state index >= 15 is 0 Å². The molecule has 0 radical (unpaired) electrons. The maximum atomic E-state index is 13.1. The van der Waals surface area contributed by atoms with Gasteiger partial charge >= 0.3 is 0 Å². The molecule has 1 aliphatic rings. The Kier molecular flexibility index (Phi) is 9.27. The number of anilines is 1. The maximum absolute atomic E-state index is 13.1. The van der Waals surface area contributed by atoms with Gasteiger partial charge in [0.1, 0.15) is 0 Å².